The van der Waals surface area contributed by atoms with Crippen LogP contribution in [0.3, 0.4) is 0 Å². The van der Waals surface area contributed by atoms with Crippen molar-refractivity contribution in [3.8, 4) is 11.5 Å². The highest BCUT2D eigenvalue weighted by molar-refractivity contribution is 5.44. The molecule has 1 aromatic rings. The molecule has 2 rings (SSSR count). The molecule has 0 spiro atoms. The van der Waals surface area contributed by atoms with Crippen LogP contribution in [-0.2, 0) is 0 Å². The first-order chi connectivity index (χ1) is 8.61. The topological polar surface area (TPSA) is 30.5 Å². The van der Waals surface area contributed by atoms with Gasteiger partial charge in [0.25, 0.3) is 0 Å². The molecule has 1 aliphatic rings. The number of nitrogens with one attached hydrogen (secondary N) is 1. The van der Waals surface area contributed by atoms with E-state index in [0.29, 0.717) is 17.9 Å². The largest absolute Gasteiger partial charge is 0.489 e. The third kappa shape index (κ3) is 2.78. The van der Waals surface area contributed by atoms with Crippen LogP contribution in [0.4, 0.5) is 0 Å². The molecule has 1 heterocycles. The molecule has 0 saturated carbocycles. The Labute approximate surface area is 109 Å². The molecule has 1 aliphatic heterocycles. The maximum atomic E-state index is 5.82. The van der Waals surface area contributed by atoms with Gasteiger partial charge in [0.2, 0.25) is 0 Å². The van der Waals surface area contributed by atoms with Crippen LogP contribution >= 0.6 is 0 Å². The van der Waals surface area contributed by atoms with E-state index in [2.05, 4.69) is 38.2 Å². The number of hydrogen-bond acceptors (Lipinski definition) is 3. The maximum Gasteiger partial charge on any atom is 0.161 e. The van der Waals surface area contributed by atoms with Crippen molar-refractivity contribution in [2.75, 3.05) is 20.3 Å². The predicted octanol–water partition coefficient (Wildman–Crippen LogP) is 3.01. The van der Waals surface area contributed by atoms with Crippen molar-refractivity contribution in [3.63, 3.8) is 0 Å². The SMILES string of the molecule is CNC(c1ccc2c(c1)OCC(C)CO2)C(C)C. The first kappa shape index (κ1) is 13.2. The Kier molecular flexibility index (Phi) is 4.12. The lowest BCUT2D eigenvalue weighted by molar-refractivity contribution is 0.228. The fourth-order valence-corrected chi connectivity index (χ4v) is 2.35. The van der Waals surface area contributed by atoms with Crippen molar-refractivity contribution in [3.05, 3.63) is 23.8 Å². The Morgan fingerprint density at radius 1 is 1.17 bits per heavy atom. The van der Waals surface area contributed by atoms with Crippen LogP contribution in [0.2, 0.25) is 0 Å². The summed E-state index contributed by atoms with van der Waals surface area (Å²) in [6, 6.07) is 6.60. The Hall–Kier alpha value is -1.22. The van der Waals surface area contributed by atoms with Crippen LogP contribution in [0, 0.1) is 11.8 Å². The third-order valence-electron chi connectivity index (χ3n) is 3.35. The number of ether oxygens (including phenoxy) is 2. The summed E-state index contributed by atoms with van der Waals surface area (Å²) >= 11 is 0. The molecule has 2 unspecified atom stereocenters. The molecular weight excluding hydrogens is 226 g/mol. The van der Waals surface area contributed by atoms with Crippen LogP contribution in [0.1, 0.15) is 32.4 Å². The quantitative estimate of drug-likeness (QED) is 0.893. The highest BCUT2D eigenvalue weighted by Gasteiger charge is 2.19. The molecule has 3 nitrogen and oxygen atoms in total. The van der Waals surface area contributed by atoms with E-state index in [0.717, 1.165) is 24.7 Å². The van der Waals surface area contributed by atoms with Crippen LogP contribution < -0.4 is 14.8 Å². The van der Waals surface area contributed by atoms with Gasteiger partial charge in [-0.1, -0.05) is 26.8 Å². The number of rotatable bonds is 3. The monoisotopic (exact) mass is 249 g/mol. The molecule has 0 radical (unpaired) electrons. The second-order valence-electron chi connectivity index (χ2n) is 5.44. The van der Waals surface area contributed by atoms with E-state index in [9.17, 15) is 0 Å². The zero-order chi connectivity index (χ0) is 13.1. The van der Waals surface area contributed by atoms with Gasteiger partial charge in [0.1, 0.15) is 0 Å². The Morgan fingerprint density at radius 3 is 2.44 bits per heavy atom. The molecule has 0 fully saturated rings. The molecule has 1 aromatic carbocycles. The molecule has 18 heavy (non-hydrogen) atoms. The molecule has 0 saturated heterocycles. The summed E-state index contributed by atoms with van der Waals surface area (Å²) in [6.07, 6.45) is 0. The van der Waals surface area contributed by atoms with Gasteiger partial charge in [-0.15, -0.1) is 0 Å². The molecule has 2 atom stereocenters. The van der Waals surface area contributed by atoms with E-state index in [1.807, 2.05) is 13.1 Å². The molecule has 3 heteroatoms. The van der Waals surface area contributed by atoms with E-state index >= 15 is 0 Å². The summed E-state index contributed by atoms with van der Waals surface area (Å²) in [6.45, 7) is 8.02. The predicted molar refractivity (Wildman–Crippen MR) is 73.2 cm³/mol. The second kappa shape index (κ2) is 5.61. The van der Waals surface area contributed by atoms with Crippen molar-refractivity contribution < 1.29 is 9.47 Å². The van der Waals surface area contributed by atoms with Crippen molar-refractivity contribution in [1.29, 1.82) is 0 Å². The zero-order valence-electron chi connectivity index (χ0n) is 11.7. The van der Waals surface area contributed by atoms with Gasteiger partial charge in [-0.25, -0.2) is 0 Å². The smallest absolute Gasteiger partial charge is 0.161 e. The van der Waals surface area contributed by atoms with Crippen molar-refractivity contribution in [1.82, 2.24) is 5.32 Å². The normalized spacial score (nSPS) is 20.6. The summed E-state index contributed by atoms with van der Waals surface area (Å²) in [4.78, 5) is 0. The van der Waals surface area contributed by atoms with Gasteiger partial charge in [-0.3, -0.25) is 0 Å². The lowest BCUT2D eigenvalue weighted by atomic mass is 9.96. The highest BCUT2D eigenvalue weighted by atomic mass is 16.5. The van der Waals surface area contributed by atoms with Gasteiger partial charge < -0.3 is 14.8 Å². The summed E-state index contributed by atoms with van der Waals surface area (Å²) < 4.78 is 11.6. The van der Waals surface area contributed by atoms with Gasteiger partial charge in [0, 0.05) is 12.0 Å². The van der Waals surface area contributed by atoms with Gasteiger partial charge in [0.05, 0.1) is 13.2 Å². The van der Waals surface area contributed by atoms with E-state index < -0.39 is 0 Å². The van der Waals surface area contributed by atoms with Gasteiger partial charge in [-0.05, 0) is 30.7 Å². The minimum absolute atomic E-state index is 0.347. The Morgan fingerprint density at radius 2 is 1.83 bits per heavy atom. The second-order valence-corrected chi connectivity index (χ2v) is 5.44. The fraction of sp³-hybridized carbons (Fsp3) is 0.600. The lowest BCUT2D eigenvalue weighted by Crippen LogP contribution is -2.21. The minimum Gasteiger partial charge on any atom is -0.489 e. The molecule has 0 aliphatic carbocycles. The lowest BCUT2D eigenvalue weighted by Gasteiger charge is -2.21. The molecule has 0 bridgehead atoms. The van der Waals surface area contributed by atoms with E-state index in [4.69, 9.17) is 9.47 Å². The van der Waals surface area contributed by atoms with E-state index in [1.54, 1.807) is 0 Å². The van der Waals surface area contributed by atoms with Crippen LogP contribution in [0.15, 0.2) is 18.2 Å². The highest BCUT2D eigenvalue weighted by Crippen LogP contribution is 2.34. The summed E-state index contributed by atoms with van der Waals surface area (Å²) in [5, 5.41) is 3.35. The number of benzene rings is 1. The first-order valence-corrected chi connectivity index (χ1v) is 6.68. The van der Waals surface area contributed by atoms with Gasteiger partial charge >= 0.3 is 0 Å². The molecule has 100 valence electrons. The standard InChI is InChI=1S/C15H23NO2/c1-10(2)15(16-4)12-5-6-13-14(7-12)18-9-11(3)8-17-13/h5-7,10-11,15-16H,8-9H2,1-4H3. The molecule has 0 amide bonds. The van der Waals surface area contributed by atoms with E-state index in [1.165, 1.54) is 5.56 Å². The van der Waals surface area contributed by atoms with E-state index in [-0.39, 0.29) is 0 Å². The summed E-state index contributed by atoms with van der Waals surface area (Å²) in [7, 11) is 2.00. The van der Waals surface area contributed by atoms with Crippen LogP contribution in [-0.4, -0.2) is 20.3 Å². The number of fused-ring (bicyclic) bond motifs is 1. The van der Waals surface area contributed by atoms with Crippen LogP contribution in [0.25, 0.3) is 0 Å². The van der Waals surface area contributed by atoms with Gasteiger partial charge in [0.15, 0.2) is 11.5 Å². The third-order valence-corrected chi connectivity index (χ3v) is 3.35. The summed E-state index contributed by atoms with van der Waals surface area (Å²) in [5.74, 6) is 2.71. The van der Waals surface area contributed by atoms with Crippen molar-refractivity contribution in [2.45, 2.75) is 26.8 Å². The molecular formula is C15H23NO2. The average Bonchev–Trinajstić information content (AvgIpc) is 2.52. The molecule has 0 aromatic heterocycles. The number of hydrogen-bond donors (Lipinski definition) is 1. The maximum absolute atomic E-state index is 5.82. The molecule has 1 N–H and O–H groups in total. The minimum atomic E-state index is 0.347. The van der Waals surface area contributed by atoms with Crippen molar-refractivity contribution >= 4 is 0 Å². The van der Waals surface area contributed by atoms with Gasteiger partial charge in [-0.2, -0.15) is 0 Å². The first-order valence-electron chi connectivity index (χ1n) is 6.68. The summed E-state index contributed by atoms with van der Waals surface area (Å²) in [5.41, 5.74) is 1.25. The average molecular weight is 249 g/mol. The Balaban J connectivity index is 2.26. The Bertz CT molecular complexity index is 403. The van der Waals surface area contributed by atoms with Crippen LogP contribution in [0.5, 0.6) is 11.5 Å². The zero-order valence-corrected chi connectivity index (χ0v) is 11.7. The van der Waals surface area contributed by atoms with Crippen molar-refractivity contribution in [2.24, 2.45) is 11.8 Å². The fourth-order valence-electron chi connectivity index (χ4n) is 2.35.